The van der Waals surface area contributed by atoms with Gasteiger partial charge in [-0.15, -0.1) is 0 Å². The normalized spacial score (nSPS) is 14.5. The molecule has 1 fully saturated rings. The van der Waals surface area contributed by atoms with Crippen LogP contribution < -0.4 is 5.32 Å². The number of likely N-dealkylation sites (tertiary alicyclic amines) is 1. The number of nitrogens with one attached hydrogen (secondary N) is 1. The molecule has 0 saturated carbocycles. The summed E-state index contributed by atoms with van der Waals surface area (Å²) in [5, 5.41) is 2.38. The van der Waals surface area contributed by atoms with Gasteiger partial charge in [-0.05, 0) is 43.2 Å². The van der Waals surface area contributed by atoms with E-state index in [0.717, 1.165) is 24.3 Å². The van der Waals surface area contributed by atoms with Gasteiger partial charge in [-0.1, -0.05) is 12.1 Å². The molecule has 29 heavy (non-hydrogen) atoms. The average Bonchev–Trinajstić information content (AvgIpc) is 2.73. The Morgan fingerprint density at radius 1 is 0.931 bits per heavy atom. The summed E-state index contributed by atoms with van der Waals surface area (Å²) in [7, 11) is 0. The lowest BCUT2D eigenvalue weighted by Crippen LogP contribution is -2.45. The van der Waals surface area contributed by atoms with Gasteiger partial charge in [-0.25, -0.2) is 13.2 Å². The molecule has 0 spiro atoms. The first kappa shape index (κ1) is 20.6. The minimum absolute atomic E-state index is 0.151. The van der Waals surface area contributed by atoms with Crippen LogP contribution in [0.1, 0.15) is 33.6 Å². The Bertz CT molecular complexity index is 941. The zero-order valence-corrected chi connectivity index (χ0v) is 15.5. The van der Waals surface area contributed by atoms with Crippen molar-refractivity contribution in [3.8, 4) is 0 Å². The molecular weight excluding hydrogens is 385 g/mol. The number of hydrogen-bond acceptors (Lipinski definition) is 3. The second-order valence-electron chi connectivity index (χ2n) is 6.81. The number of halogens is 3. The lowest BCUT2D eigenvalue weighted by Gasteiger charge is -2.31. The molecular formula is C21H19F3N2O3. The van der Waals surface area contributed by atoms with E-state index < -0.39 is 35.1 Å². The second kappa shape index (κ2) is 8.89. The van der Waals surface area contributed by atoms with Gasteiger partial charge in [0, 0.05) is 19.0 Å². The highest BCUT2D eigenvalue weighted by atomic mass is 19.1. The Labute approximate surface area is 165 Å². The summed E-state index contributed by atoms with van der Waals surface area (Å²) in [5.74, 6) is -4.19. The predicted octanol–water partition coefficient (Wildman–Crippen LogP) is 2.96. The third-order valence-corrected chi connectivity index (χ3v) is 4.93. The van der Waals surface area contributed by atoms with Gasteiger partial charge in [0.05, 0.1) is 17.7 Å². The summed E-state index contributed by atoms with van der Waals surface area (Å²) < 4.78 is 40.7. The molecule has 0 unspecified atom stereocenters. The second-order valence-corrected chi connectivity index (χ2v) is 6.81. The molecule has 0 radical (unpaired) electrons. The van der Waals surface area contributed by atoms with Crippen LogP contribution in [0.2, 0.25) is 0 Å². The van der Waals surface area contributed by atoms with E-state index in [1.807, 2.05) is 0 Å². The van der Waals surface area contributed by atoms with Crippen LogP contribution >= 0.6 is 0 Å². The SMILES string of the molecule is O=C(NCC(=O)N1CCC(C(=O)c2cc(F)ccc2F)CC1)c1ccccc1F. The molecule has 2 amide bonds. The standard InChI is InChI=1S/C21H19F3N2O3/c22-14-5-6-18(24)16(11-14)20(28)13-7-9-26(10-8-13)19(27)12-25-21(29)15-3-1-2-4-17(15)23/h1-6,11,13H,7-10,12H2,(H,25,29). The van der Waals surface area contributed by atoms with Gasteiger partial charge in [-0.3, -0.25) is 14.4 Å². The minimum Gasteiger partial charge on any atom is -0.343 e. The fraction of sp³-hybridized carbons (Fsp3) is 0.286. The van der Waals surface area contributed by atoms with Crippen LogP contribution in [0.15, 0.2) is 42.5 Å². The van der Waals surface area contributed by atoms with Crippen LogP contribution in [0.5, 0.6) is 0 Å². The maximum Gasteiger partial charge on any atom is 0.254 e. The minimum atomic E-state index is -0.772. The fourth-order valence-electron chi connectivity index (χ4n) is 3.31. The summed E-state index contributed by atoms with van der Waals surface area (Å²) in [4.78, 5) is 38.2. The molecule has 1 saturated heterocycles. The number of piperidine rings is 1. The first-order valence-electron chi connectivity index (χ1n) is 9.16. The van der Waals surface area contributed by atoms with Gasteiger partial charge in [0.25, 0.3) is 5.91 Å². The lowest BCUT2D eigenvalue weighted by molar-refractivity contribution is -0.131. The maximum absolute atomic E-state index is 13.8. The van der Waals surface area contributed by atoms with E-state index in [1.165, 1.54) is 23.1 Å². The number of amides is 2. The van der Waals surface area contributed by atoms with Crippen LogP contribution in [0.25, 0.3) is 0 Å². The van der Waals surface area contributed by atoms with Gasteiger partial charge in [-0.2, -0.15) is 0 Å². The van der Waals surface area contributed by atoms with E-state index in [4.69, 9.17) is 0 Å². The number of nitrogens with zero attached hydrogens (tertiary/aromatic N) is 1. The van der Waals surface area contributed by atoms with Gasteiger partial charge >= 0.3 is 0 Å². The van der Waals surface area contributed by atoms with Crippen molar-refractivity contribution in [2.24, 2.45) is 5.92 Å². The van der Waals surface area contributed by atoms with E-state index >= 15 is 0 Å². The Morgan fingerprint density at radius 3 is 2.28 bits per heavy atom. The lowest BCUT2D eigenvalue weighted by atomic mass is 9.88. The van der Waals surface area contributed by atoms with Crippen molar-refractivity contribution in [1.82, 2.24) is 10.2 Å². The Hall–Kier alpha value is -3.16. The Balaban J connectivity index is 1.52. The number of Topliss-reactive ketones (excluding diaryl/α,β-unsaturated/α-hetero) is 1. The quantitative estimate of drug-likeness (QED) is 0.780. The topological polar surface area (TPSA) is 66.5 Å². The van der Waals surface area contributed by atoms with E-state index in [0.29, 0.717) is 12.8 Å². The number of carbonyl (C=O) groups excluding carboxylic acids is 3. The number of ketones is 1. The molecule has 5 nitrogen and oxygen atoms in total. The van der Waals surface area contributed by atoms with E-state index in [2.05, 4.69) is 5.32 Å². The molecule has 0 aromatic heterocycles. The maximum atomic E-state index is 13.8. The van der Waals surface area contributed by atoms with E-state index in [9.17, 15) is 27.6 Å². The summed E-state index contributed by atoms with van der Waals surface area (Å²) in [6.07, 6.45) is 0.615. The predicted molar refractivity (Wildman–Crippen MR) is 98.7 cm³/mol. The summed E-state index contributed by atoms with van der Waals surface area (Å²) in [6, 6.07) is 8.19. The van der Waals surface area contributed by atoms with Crippen molar-refractivity contribution in [2.45, 2.75) is 12.8 Å². The molecule has 1 N–H and O–H groups in total. The summed E-state index contributed by atoms with van der Waals surface area (Å²) >= 11 is 0. The molecule has 1 aliphatic rings. The fourth-order valence-corrected chi connectivity index (χ4v) is 3.31. The van der Waals surface area contributed by atoms with Crippen molar-refractivity contribution in [3.63, 3.8) is 0 Å². The van der Waals surface area contributed by atoms with Crippen LogP contribution in [0.3, 0.4) is 0 Å². The number of benzene rings is 2. The van der Waals surface area contributed by atoms with Crippen LogP contribution in [-0.4, -0.2) is 42.1 Å². The van der Waals surface area contributed by atoms with E-state index in [1.54, 1.807) is 0 Å². The number of rotatable bonds is 5. The summed E-state index contributed by atoms with van der Waals surface area (Å²) in [5.41, 5.74) is -0.436. The molecule has 0 bridgehead atoms. The van der Waals surface area contributed by atoms with Gasteiger partial charge < -0.3 is 10.2 Å². The highest BCUT2D eigenvalue weighted by molar-refractivity contribution is 5.98. The monoisotopic (exact) mass is 404 g/mol. The third kappa shape index (κ3) is 4.82. The van der Waals surface area contributed by atoms with Crippen molar-refractivity contribution < 1.29 is 27.6 Å². The van der Waals surface area contributed by atoms with Crippen molar-refractivity contribution >= 4 is 17.6 Å². The van der Waals surface area contributed by atoms with Crippen LogP contribution in [0.4, 0.5) is 13.2 Å². The molecule has 2 aromatic carbocycles. The zero-order valence-electron chi connectivity index (χ0n) is 15.5. The van der Waals surface area contributed by atoms with Crippen molar-refractivity contribution in [3.05, 3.63) is 71.0 Å². The summed E-state index contributed by atoms with van der Waals surface area (Å²) in [6.45, 7) is 0.202. The van der Waals surface area contributed by atoms with Crippen molar-refractivity contribution in [2.75, 3.05) is 19.6 Å². The highest BCUT2D eigenvalue weighted by Gasteiger charge is 2.29. The molecule has 0 atom stereocenters. The first-order chi connectivity index (χ1) is 13.9. The molecule has 152 valence electrons. The molecule has 0 aliphatic carbocycles. The van der Waals surface area contributed by atoms with Gasteiger partial charge in [0.1, 0.15) is 17.5 Å². The molecule has 1 aliphatic heterocycles. The van der Waals surface area contributed by atoms with E-state index in [-0.39, 0.29) is 36.7 Å². The molecule has 8 heteroatoms. The van der Waals surface area contributed by atoms with Crippen LogP contribution in [-0.2, 0) is 4.79 Å². The molecule has 3 rings (SSSR count). The Morgan fingerprint density at radius 2 is 1.59 bits per heavy atom. The Kier molecular flexibility index (Phi) is 6.31. The smallest absolute Gasteiger partial charge is 0.254 e. The van der Waals surface area contributed by atoms with Gasteiger partial charge in [0.15, 0.2) is 5.78 Å². The average molecular weight is 404 g/mol. The largest absolute Gasteiger partial charge is 0.343 e. The third-order valence-electron chi connectivity index (χ3n) is 4.93. The van der Waals surface area contributed by atoms with Crippen molar-refractivity contribution in [1.29, 1.82) is 0 Å². The number of hydrogen-bond donors (Lipinski definition) is 1. The van der Waals surface area contributed by atoms with Gasteiger partial charge in [0.2, 0.25) is 5.91 Å². The molecule has 1 heterocycles. The highest BCUT2D eigenvalue weighted by Crippen LogP contribution is 2.23. The van der Waals surface area contributed by atoms with Crippen LogP contribution in [0, 0.1) is 23.4 Å². The number of carbonyl (C=O) groups is 3. The first-order valence-corrected chi connectivity index (χ1v) is 9.16. The zero-order chi connectivity index (χ0) is 21.0. The molecule has 2 aromatic rings.